The van der Waals surface area contributed by atoms with Crippen molar-refractivity contribution in [3.8, 4) is 6.07 Å². The topological polar surface area (TPSA) is 93.7 Å². The molecule has 2 aliphatic carbocycles. The van der Waals surface area contributed by atoms with Crippen LogP contribution < -0.4 is 5.73 Å². The summed E-state index contributed by atoms with van der Waals surface area (Å²) >= 11 is 0. The van der Waals surface area contributed by atoms with Crippen LogP contribution in [0.15, 0.2) is 24.3 Å². The first kappa shape index (κ1) is 22.0. The molecule has 3 aliphatic heterocycles. The number of nitrogens with two attached hydrogens (primary N) is 1. The Bertz CT molecular complexity index is 1030. The minimum atomic E-state index is -0.725. The molecule has 8 heteroatoms. The van der Waals surface area contributed by atoms with Crippen LogP contribution in [0.3, 0.4) is 0 Å². The molecule has 3 saturated heterocycles. The minimum absolute atomic E-state index is 0.0782. The first-order valence-electron chi connectivity index (χ1n) is 12.7. The van der Waals surface area contributed by atoms with Crippen LogP contribution >= 0.6 is 0 Å². The lowest BCUT2D eigenvalue weighted by atomic mass is 9.74. The molecule has 180 valence electrons. The van der Waals surface area contributed by atoms with Gasteiger partial charge in [-0.2, -0.15) is 5.26 Å². The molecule has 2 bridgehead atoms. The fraction of sp³-hybridized carbons (Fsp3) is 0.654. The van der Waals surface area contributed by atoms with Gasteiger partial charge < -0.3 is 15.5 Å². The van der Waals surface area contributed by atoms with Crippen LogP contribution in [0.25, 0.3) is 0 Å². The summed E-state index contributed by atoms with van der Waals surface area (Å²) < 4.78 is 13.7. The Morgan fingerprint density at radius 1 is 1.18 bits per heavy atom. The third kappa shape index (κ3) is 3.28. The van der Waals surface area contributed by atoms with E-state index in [1.54, 1.807) is 4.90 Å². The molecule has 6 atom stereocenters. The fourth-order valence-electron chi connectivity index (χ4n) is 7.40. The summed E-state index contributed by atoms with van der Waals surface area (Å²) in [6, 6.07) is 7.85. The zero-order valence-corrected chi connectivity index (χ0v) is 19.4. The molecule has 34 heavy (non-hydrogen) atoms. The van der Waals surface area contributed by atoms with Gasteiger partial charge in [0.15, 0.2) is 0 Å². The van der Waals surface area contributed by atoms with Crippen LogP contribution in [0, 0.1) is 23.1 Å². The van der Waals surface area contributed by atoms with E-state index in [9.17, 15) is 19.2 Å². The number of benzene rings is 1. The number of likely N-dealkylation sites (tertiary alicyclic amines) is 3. The number of halogens is 1. The number of hydrogen-bond donors (Lipinski definition) is 1. The van der Waals surface area contributed by atoms with E-state index in [0.29, 0.717) is 19.0 Å². The summed E-state index contributed by atoms with van der Waals surface area (Å²) in [6.45, 7) is 1.04. The van der Waals surface area contributed by atoms with E-state index < -0.39 is 6.04 Å². The molecule has 2 saturated carbocycles. The largest absolute Gasteiger partial charge is 0.327 e. The van der Waals surface area contributed by atoms with Gasteiger partial charge in [0.2, 0.25) is 11.8 Å². The Morgan fingerprint density at radius 2 is 1.91 bits per heavy atom. The van der Waals surface area contributed by atoms with Crippen LogP contribution in [-0.4, -0.2) is 69.8 Å². The highest BCUT2D eigenvalue weighted by atomic mass is 19.1. The predicted octanol–water partition coefficient (Wildman–Crippen LogP) is 2.11. The normalized spacial score (nSPS) is 34.7. The Hall–Kier alpha value is -2.50. The number of nitriles is 1. The van der Waals surface area contributed by atoms with Crippen LogP contribution in [0.2, 0.25) is 0 Å². The van der Waals surface area contributed by atoms with Gasteiger partial charge in [0.1, 0.15) is 11.9 Å². The van der Waals surface area contributed by atoms with Crippen molar-refractivity contribution in [2.45, 2.75) is 87.1 Å². The second-order valence-corrected chi connectivity index (χ2v) is 11.0. The summed E-state index contributed by atoms with van der Waals surface area (Å²) in [5, 5.41) is 9.43. The number of piperidine rings is 1. The van der Waals surface area contributed by atoms with Crippen molar-refractivity contribution in [3.63, 3.8) is 0 Å². The van der Waals surface area contributed by atoms with E-state index in [1.165, 1.54) is 12.1 Å². The van der Waals surface area contributed by atoms with Gasteiger partial charge in [-0.15, -0.1) is 0 Å². The predicted molar refractivity (Wildman–Crippen MR) is 123 cm³/mol. The molecular weight excluding hydrogens is 433 g/mol. The molecule has 1 aromatic carbocycles. The third-order valence-electron chi connectivity index (χ3n) is 9.05. The standard InChI is InChI=1S/C26H32FN5O2/c27-18-6-4-17(5-7-18)26(8-2-1-3-9-26)32-20-12-23(25(32)34)30(14-20)15-21(29)24(33)31-19(13-28)10-16-11-22(16)31/h4-7,16,19-23H,1-3,8-12,14-15,29H2/t16-,19+,20?,21+,22+,23-/m1/s1. The monoisotopic (exact) mass is 465 g/mol. The molecule has 0 radical (unpaired) electrons. The highest BCUT2D eigenvalue weighted by Crippen LogP contribution is 2.49. The zero-order valence-electron chi connectivity index (χ0n) is 19.4. The molecule has 6 rings (SSSR count). The number of carbonyl (C=O) groups excluding carboxylic acids is 2. The van der Waals surface area contributed by atoms with Crippen molar-refractivity contribution in [2.24, 2.45) is 11.7 Å². The van der Waals surface area contributed by atoms with Gasteiger partial charge in [0.05, 0.1) is 23.7 Å². The van der Waals surface area contributed by atoms with Gasteiger partial charge in [-0.3, -0.25) is 14.5 Å². The summed E-state index contributed by atoms with van der Waals surface area (Å²) in [5.41, 5.74) is 7.02. The Labute approximate surface area is 199 Å². The fourth-order valence-corrected chi connectivity index (χ4v) is 7.40. The Morgan fingerprint density at radius 3 is 2.59 bits per heavy atom. The average molecular weight is 466 g/mol. The van der Waals surface area contributed by atoms with Crippen LogP contribution in [0.1, 0.15) is 56.9 Å². The quantitative estimate of drug-likeness (QED) is 0.719. The van der Waals surface area contributed by atoms with Gasteiger partial charge in [0, 0.05) is 25.2 Å². The van der Waals surface area contributed by atoms with Crippen molar-refractivity contribution in [1.82, 2.24) is 14.7 Å². The smallest absolute Gasteiger partial charge is 0.242 e. The van der Waals surface area contributed by atoms with Gasteiger partial charge in [0.25, 0.3) is 0 Å². The lowest BCUT2D eigenvalue weighted by Crippen LogP contribution is -2.61. The molecule has 5 fully saturated rings. The van der Waals surface area contributed by atoms with E-state index in [0.717, 1.165) is 56.9 Å². The van der Waals surface area contributed by atoms with E-state index in [2.05, 4.69) is 15.9 Å². The van der Waals surface area contributed by atoms with Crippen molar-refractivity contribution in [1.29, 1.82) is 5.26 Å². The number of piperazine rings is 1. The van der Waals surface area contributed by atoms with Crippen molar-refractivity contribution < 1.29 is 14.0 Å². The summed E-state index contributed by atoms with van der Waals surface area (Å²) in [7, 11) is 0. The van der Waals surface area contributed by atoms with E-state index in [4.69, 9.17) is 5.73 Å². The van der Waals surface area contributed by atoms with Crippen LogP contribution in [-0.2, 0) is 15.1 Å². The number of hydrogen-bond acceptors (Lipinski definition) is 5. The second-order valence-electron chi connectivity index (χ2n) is 11.0. The maximum absolute atomic E-state index is 13.7. The number of carbonyl (C=O) groups is 2. The highest BCUT2D eigenvalue weighted by Gasteiger charge is 2.58. The van der Waals surface area contributed by atoms with E-state index >= 15 is 0 Å². The zero-order chi connectivity index (χ0) is 23.6. The molecule has 2 N–H and O–H groups in total. The molecule has 0 spiro atoms. The maximum Gasteiger partial charge on any atom is 0.242 e. The molecule has 1 aromatic rings. The van der Waals surface area contributed by atoms with Crippen molar-refractivity contribution >= 4 is 11.8 Å². The molecule has 3 heterocycles. The highest BCUT2D eigenvalue weighted by molar-refractivity contribution is 5.87. The lowest BCUT2D eigenvalue weighted by molar-refractivity contribution is -0.147. The van der Waals surface area contributed by atoms with Crippen molar-refractivity contribution in [2.75, 3.05) is 13.1 Å². The molecule has 1 unspecified atom stereocenters. The van der Waals surface area contributed by atoms with Gasteiger partial charge in [-0.1, -0.05) is 31.4 Å². The lowest BCUT2D eigenvalue weighted by Gasteiger charge is -2.50. The van der Waals surface area contributed by atoms with Gasteiger partial charge in [-0.05, 0) is 55.7 Å². The van der Waals surface area contributed by atoms with E-state index in [1.807, 2.05) is 12.1 Å². The first-order valence-corrected chi connectivity index (χ1v) is 12.7. The van der Waals surface area contributed by atoms with Crippen LogP contribution in [0.5, 0.6) is 0 Å². The SMILES string of the molecule is N#C[C@@H]1C[C@@H]2C[C@@H]2N1C(=O)[C@@H](N)CN1CC2C[C@@H]1C(=O)N2C1(c2ccc(F)cc2)CCCCC1. The Kier molecular flexibility index (Phi) is 5.19. The van der Waals surface area contributed by atoms with E-state index in [-0.39, 0.29) is 47.3 Å². The summed E-state index contributed by atoms with van der Waals surface area (Å²) in [4.78, 5) is 32.7. The summed E-state index contributed by atoms with van der Waals surface area (Å²) in [6.07, 6.45) is 7.55. The molecule has 2 amide bonds. The molecule has 0 aromatic heterocycles. The average Bonchev–Trinajstić information content (AvgIpc) is 3.17. The summed E-state index contributed by atoms with van der Waals surface area (Å²) in [5.74, 6) is 0.152. The van der Waals surface area contributed by atoms with Crippen molar-refractivity contribution in [3.05, 3.63) is 35.6 Å². The first-order chi connectivity index (χ1) is 16.4. The van der Waals surface area contributed by atoms with Gasteiger partial charge >= 0.3 is 0 Å². The Balaban J connectivity index is 1.18. The second kappa shape index (κ2) is 8.03. The number of rotatable bonds is 5. The molecular formula is C26H32FN5O2. The number of amides is 2. The van der Waals surface area contributed by atoms with Crippen LogP contribution in [0.4, 0.5) is 4.39 Å². The molecule has 7 nitrogen and oxygen atoms in total. The third-order valence-corrected chi connectivity index (χ3v) is 9.05. The number of fused-ring (bicyclic) bond motifs is 3. The minimum Gasteiger partial charge on any atom is -0.327 e. The van der Waals surface area contributed by atoms with Gasteiger partial charge in [-0.25, -0.2) is 4.39 Å². The molecule has 5 aliphatic rings. The number of nitrogens with zero attached hydrogens (tertiary/aromatic N) is 4. The maximum atomic E-state index is 13.7.